The van der Waals surface area contributed by atoms with Gasteiger partial charge in [0.15, 0.2) is 0 Å². The van der Waals surface area contributed by atoms with Crippen LogP contribution in [0.5, 0.6) is 11.5 Å². The van der Waals surface area contributed by atoms with E-state index in [9.17, 15) is 0 Å². The van der Waals surface area contributed by atoms with Gasteiger partial charge < -0.3 is 10.5 Å². The molecule has 0 aromatic heterocycles. The molecular weight excluding hydrogens is 382 g/mol. The largest absolute Gasteiger partial charge is 0.457 e. The zero-order valence-electron chi connectivity index (χ0n) is 11.5. The second-order valence-corrected chi connectivity index (χ2v) is 6.47. The summed E-state index contributed by atoms with van der Waals surface area (Å²) in [5.74, 6) is 1.70. The van der Waals surface area contributed by atoms with E-state index in [1.807, 2.05) is 30.3 Å². The second-order valence-electron chi connectivity index (χ2n) is 4.76. The summed E-state index contributed by atoms with van der Waals surface area (Å²) in [6.07, 6.45) is 0.803. The van der Waals surface area contributed by atoms with Gasteiger partial charge in [0.2, 0.25) is 0 Å². The molecule has 0 saturated carbocycles. The average molecular weight is 399 g/mol. The maximum absolute atomic E-state index is 6.05. The van der Waals surface area contributed by atoms with Crippen molar-refractivity contribution >= 4 is 31.9 Å². The Hall–Kier alpha value is -0.840. The van der Waals surface area contributed by atoms with Gasteiger partial charge in [-0.15, -0.1) is 0 Å². The number of benzene rings is 2. The summed E-state index contributed by atoms with van der Waals surface area (Å²) in [6.45, 7) is 4.73. The van der Waals surface area contributed by atoms with Gasteiger partial charge in [-0.3, -0.25) is 0 Å². The van der Waals surface area contributed by atoms with E-state index in [1.165, 1.54) is 0 Å². The first-order chi connectivity index (χ1) is 9.51. The van der Waals surface area contributed by atoms with Gasteiger partial charge in [0, 0.05) is 8.95 Å². The normalized spacial score (nSPS) is 10.7. The molecule has 0 bridgehead atoms. The Morgan fingerprint density at radius 1 is 1.05 bits per heavy atom. The fourth-order valence-electron chi connectivity index (χ4n) is 2.08. The van der Waals surface area contributed by atoms with Crippen LogP contribution in [0.25, 0.3) is 0 Å². The van der Waals surface area contributed by atoms with Gasteiger partial charge in [-0.05, 0) is 67.8 Å². The summed E-state index contributed by atoms with van der Waals surface area (Å²) in [5, 5.41) is 0. The fraction of sp³-hybridized carbons (Fsp3) is 0.250. The summed E-state index contributed by atoms with van der Waals surface area (Å²) in [5.41, 5.74) is 9.10. The van der Waals surface area contributed by atoms with E-state index in [0.29, 0.717) is 6.54 Å². The van der Waals surface area contributed by atoms with E-state index in [2.05, 4.69) is 45.7 Å². The van der Waals surface area contributed by atoms with E-state index >= 15 is 0 Å². The topological polar surface area (TPSA) is 35.2 Å². The molecule has 2 rings (SSSR count). The molecule has 0 atom stereocenters. The van der Waals surface area contributed by atoms with Crippen LogP contribution in [0, 0.1) is 13.8 Å². The van der Waals surface area contributed by atoms with Crippen molar-refractivity contribution < 1.29 is 4.74 Å². The van der Waals surface area contributed by atoms with Crippen molar-refractivity contribution in [1.29, 1.82) is 0 Å². The molecule has 2 N–H and O–H groups in total. The highest BCUT2D eigenvalue weighted by Gasteiger charge is 2.08. The molecular formula is C16H17Br2NO. The first-order valence-electron chi connectivity index (χ1n) is 6.44. The number of ether oxygens (including phenoxy) is 1. The molecule has 0 amide bonds. The number of nitrogens with two attached hydrogens (primary N) is 1. The number of rotatable bonds is 4. The molecule has 106 valence electrons. The van der Waals surface area contributed by atoms with Gasteiger partial charge >= 0.3 is 0 Å². The van der Waals surface area contributed by atoms with E-state index in [1.54, 1.807) is 0 Å². The van der Waals surface area contributed by atoms with Crippen LogP contribution in [0.4, 0.5) is 0 Å². The first-order valence-corrected chi connectivity index (χ1v) is 8.03. The third kappa shape index (κ3) is 3.62. The second kappa shape index (κ2) is 6.74. The molecule has 20 heavy (non-hydrogen) atoms. The van der Waals surface area contributed by atoms with E-state index in [0.717, 1.165) is 43.6 Å². The molecule has 0 spiro atoms. The van der Waals surface area contributed by atoms with Gasteiger partial charge in [0.25, 0.3) is 0 Å². The minimum Gasteiger partial charge on any atom is -0.457 e. The van der Waals surface area contributed by atoms with Crippen LogP contribution >= 0.6 is 31.9 Å². The molecule has 0 aliphatic rings. The van der Waals surface area contributed by atoms with Crippen molar-refractivity contribution in [3.05, 3.63) is 56.0 Å². The predicted molar refractivity (Wildman–Crippen MR) is 90.6 cm³/mol. The summed E-state index contributed by atoms with van der Waals surface area (Å²) in [4.78, 5) is 0. The maximum atomic E-state index is 6.05. The smallest absolute Gasteiger partial charge is 0.131 e. The Balaban J connectivity index is 2.36. The van der Waals surface area contributed by atoms with Gasteiger partial charge in [0.05, 0.1) is 0 Å². The third-order valence-electron chi connectivity index (χ3n) is 3.08. The SMILES string of the molecule is Cc1cc(Oc2cc(Br)ccc2CCN)cc(C)c1Br. The molecule has 0 fully saturated rings. The summed E-state index contributed by atoms with van der Waals surface area (Å²) in [6, 6.07) is 10.1. The Morgan fingerprint density at radius 3 is 2.30 bits per heavy atom. The fourth-order valence-corrected chi connectivity index (χ4v) is 2.65. The zero-order chi connectivity index (χ0) is 14.7. The predicted octanol–water partition coefficient (Wildman–Crippen LogP) is 5.12. The lowest BCUT2D eigenvalue weighted by molar-refractivity contribution is 0.475. The molecule has 0 aliphatic heterocycles. The third-order valence-corrected chi connectivity index (χ3v) is 4.82. The van der Waals surface area contributed by atoms with E-state index in [-0.39, 0.29) is 0 Å². The van der Waals surface area contributed by atoms with E-state index < -0.39 is 0 Å². The lowest BCUT2D eigenvalue weighted by Crippen LogP contribution is -2.04. The van der Waals surface area contributed by atoms with E-state index in [4.69, 9.17) is 10.5 Å². The highest BCUT2D eigenvalue weighted by molar-refractivity contribution is 9.10. The highest BCUT2D eigenvalue weighted by Crippen LogP contribution is 2.32. The summed E-state index contributed by atoms with van der Waals surface area (Å²) in [7, 11) is 0. The van der Waals surface area contributed by atoms with Crippen LogP contribution in [0.1, 0.15) is 16.7 Å². The molecule has 0 saturated heterocycles. The van der Waals surface area contributed by atoms with Gasteiger partial charge in [-0.2, -0.15) is 0 Å². The standard InChI is InChI=1S/C16H17Br2NO/c1-10-7-14(8-11(2)16(10)18)20-15-9-13(17)4-3-12(15)5-6-19/h3-4,7-9H,5-6,19H2,1-2H3. The van der Waals surface area contributed by atoms with Crippen LogP contribution in [0.2, 0.25) is 0 Å². The van der Waals surface area contributed by atoms with Gasteiger partial charge in [-0.1, -0.05) is 37.9 Å². The highest BCUT2D eigenvalue weighted by atomic mass is 79.9. The molecule has 2 nitrogen and oxygen atoms in total. The quantitative estimate of drug-likeness (QED) is 0.775. The van der Waals surface area contributed by atoms with Crippen molar-refractivity contribution in [2.24, 2.45) is 5.73 Å². The summed E-state index contributed by atoms with van der Waals surface area (Å²) >= 11 is 7.05. The lowest BCUT2D eigenvalue weighted by Gasteiger charge is -2.13. The Labute approximate surface area is 136 Å². The van der Waals surface area contributed by atoms with Crippen molar-refractivity contribution in [3.8, 4) is 11.5 Å². The van der Waals surface area contributed by atoms with Crippen LogP contribution < -0.4 is 10.5 Å². The van der Waals surface area contributed by atoms with Crippen LogP contribution in [-0.2, 0) is 6.42 Å². The molecule has 0 heterocycles. The summed E-state index contributed by atoms with van der Waals surface area (Å²) < 4.78 is 8.18. The first kappa shape index (κ1) is 15.5. The van der Waals surface area contributed by atoms with Crippen molar-refractivity contribution in [1.82, 2.24) is 0 Å². The number of hydrogen-bond acceptors (Lipinski definition) is 2. The Kier molecular flexibility index (Phi) is 5.24. The number of hydrogen-bond donors (Lipinski definition) is 1. The molecule has 4 heteroatoms. The van der Waals surface area contributed by atoms with Crippen molar-refractivity contribution in [2.45, 2.75) is 20.3 Å². The molecule has 0 radical (unpaired) electrons. The lowest BCUT2D eigenvalue weighted by atomic mass is 10.1. The zero-order valence-corrected chi connectivity index (χ0v) is 14.7. The van der Waals surface area contributed by atoms with Crippen LogP contribution in [0.3, 0.4) is 0 Å². The van der Waals surface area contributed by atoms with Crippen molar-refractivity contribution in [2.75, 3.05) is 6.54 Å². The van der Waals surface area contributed by atoms with Gasteiger partial charge in [-0.25, -0.2) is 0 Å². The Morgan fingerprint density at radius 2 is 1.70 bits per heavy atom. The number of halogens is 2. The molecule has 2 aromatic rings. The average Bonchev–Trinajstić information content (AvgIpc) is 2.39. The van der Waals surface area contributed by atoms with Crippen LogP contribution in [0.15, 0.2) is 39.3 Å². The van der Waals surface area contributed by atoms with Crippen molar-refractivity contribution in [3.63, 3.8) is 0 Å². The maximum Gasteiger partial charge on any atom is 0.131 e. The molecule has 2 aromatic carbocycles. The van der Waals surface area contributed by atoms with Gasteiger partial charge in [0.1, 0.15) is 11.5 Å². The minimum atomic E-state index is 0.608. The minimum absolute atomic E-state index is 0.608. The Bertz CT molecular complexity index is 603. The molecule has 0 unspecified atom stereocenters. The van der Waals surface area contributed by atoms with Crippen LogP contribution in [-0.4, -0.2) is 6.54 Å². The monoisotopic (exact) mass is 397 g/mol. The molecule has 0 aliphatic carbocycles. The number of aryl methyl sites for hydroxylation is 2.